The highest BCUT2D eigenvalue weighted by Crippen LogP contribution is 2.35. The van der Waals surface area contributed by atoms with Crippen molar-refractivity contribution in [3.63, 3.8) is 0 Å². The molecule has 0 bridgehead atoms. The molecule has 0 radical (unpaired) electrons. The average Bonchev–Trinajstić information content (AvgIpc) is 3.15. The van der Waals surface area contributed by atoms with E-state index in [1.54, 1.807) is 6.07 Å². The molecule has 1 N–H and O–H groups in total. The van der Waals surface area contributed by atoms with Gasteiger partial charge in [0.2, 0.25) is 0 Å². The van der Waals surface area contributed by atoms with Gasteiger partial charge in [0.1, 0.15) is 11.4 Å². The number of hydrogen-bond donors (Lipinski definition) is 1. The largest absolute Gasteiger partial charge is 0.398 e. The van der Waals surface area contributed by atoms with Gasteiger partial charge in [0.15, 0.2) is 6.73 Å². The molecule has 0 fully saturated rings. The molecule has 148 valence electrons. The Balaban J connectivity index is 0.00000261. The second-order valence-corrected chi connectivity index (χ2v) is 13.3. The maximum Gasteiger partial charge on any atom is 0.398 e. The van der Waals surface area contributed by atoms with Gasteiger partial charge in [-0.25, -0.2) is 4.39 Å². The van der Waals surface area contributed by atoms with Crippen LogP contribution in [0, 0.1) is 15.9 Å². The predicted octanol–water partition coefficient (Wildman–Crippen LogP) is 4.30. The van der Waals surface area contributed by atoms with Crippen LogP contribution in [-0.2, 0) is 17.9 Å². The standard InChI is InChI=1S/C17H23FN4O3Si.ClH/c1-26(2,3)7-6-25-11-21-10-14(17(20-21)22(23)24)13-8-12-4-5-19-16(12)9-15(13)18;/h8-10,19H,4-7,11H2,1-3H3;1H. The van der Waals surface area contributed by atoms with E-state index in [4.69, 9.17) is 4.74 Å². The first kappa shape index (κ1) is 21.3. The van der Waals surface area contributed by atoms with E-state index in [0.717, 1.165) is 30.3 Å². The summed E-state index contributed by atoms with van der Waals surface area (Å²) >= 11 is 0. The molecule has 0 saturated heterocycles. The number of fused-ring (bicyclic) bond motifs is 1. The van der Waals surface area contributed by atoms with E-state index < -0.39 is 18.8 Å². The second-order valence-electron chi connectivity index (χ2n) is 7.68. The van der Waals surface area contributed by atoms with Crippen molar-refractivity contribution in [1.29, 1.82) is 0 Å². The molecule has 0 amide bonds. The van der Waals surface area contributed by atoms with Crippen molar-refractivity contribution < 1.29 is 14.1 Å². The van der Waals surface area contributed by atoms with Crippen molar-refractivity contribution in [1.82, 2.24) is 9.78 Å². The number of aromatic nitrogens is 2. The summed E-state index contributed by atoms with van der Waals surface area (Å²) in [4.78, 5) is 10.8. The molecular formula is C17H24ClFN4O3Si. The summed E-state index contributed by atoms with van der Waals surface area (Å²) in [6.45, 7) is 8.18. The first-order chi connectivity index (χ1) is 12.2. The quantitative estimate of drug-likeness (QED) is 0.316. The zero-order valence-corrected chi connectivity index (χ0v) is 17.4. The van der Waals surface area contributed by atoms with Crippen molar-refractivity contribution in [3.8, 4) is 11.1 Å². The summed E-state index contributed by atoms with van der Waals surface area (Å²) in [5.41, 5.74) is 2.08. The summed E-state index contributed by atoms with van der Waals surface area (Å²) in [6.07, 6.45) is 2.25. The topological polar surface area (TPSA) is 82.2 Å². The zero-order valence-electron chi connectivity index (χ0n) is 15.6. The highest BCUT2D eigenvalue weighted by molar-refractivity contribution is 6.76. The molecule has 0 unspecified atom stereocenters. The number of rotatable bonds is 7. The lowest BCUT2D eigenvalue weighted by atomic mass is 10.0. The van der Waals surface area contributed by atoms with Crippen LogP contribution in [0.2, 0.25) is 25.7 Å². The first-order valence-electron chi connectivity index (χ1n) is 8.61. The molecule has 1 aliphatic rings. The Labute approximate surface area is 164 Å². The normalized spacial score (nSPS) is 13.0. The first-order valence-corrected chi connectivity index (χ1v) is 12.3. The van der Waals surface area contributed by atoms with Crippen LogP contribution in [0.5, 0.6) is 0 Å². The molecule has 1 aromatic carbocycles. The van der Waals surface area contributed by atoms with E-state index >= 15 is 0 Å². The van der Waals surface area contributed by atoms with Crippen molar-refractivity contribution in [3.05, 3.63) is 39.8 Å². The average molecular weight is 415 g/mol. The number of nitro groups is 1. The van der Waals surface area contributed by atoms with Crippen LogP contribution >= 0.6 is 12.4 Å². The van der Waals surface area contributed by atoms with E-state index in [0.29, 0.717) is 6.61 Å². The van der Waals surface area contributed by atoms with Gasteiger partial charge in [-0.1, -0.05) is 19.6 Å². The molecule has 0 atom stereocenters. The molecule has 0 saturated carbocycles. The van der Waals surface area contributed by atoms with Crippen LogP contribution < -0.4 is 5.32 Å². The smallest absolute Gasteiger partial charge is 0.384 e. The summed E-state index contributed by atoms with van der Waals surface area (Å²) in [5, 5.41) is 18.4. The van der Waals surface area contributed by atoms with Gasteiger partial charge in [0.05, 0.1) is 11.3 Å². The molecule has 1 aromatic heterocycles. The minimum Gasteiger partial charge on any atom is -0.384 e. The molecule has 2 aromatic rings. The lowest BCUT2D eigenvalue weighted by molar-refractivity contribution is -0.389. The van der Waals surface area contributed by atoms with Crippen LogP contribution in [0.25, 0.3) is 11.1 Å². The van der Waals surface area contributed by atoms with E-state index in [9.17, 15) is 14.5 Å². The van der Waals surface area contributed by atoms with Crippen LogP contribution in [0.4, 0.5) is 15.9 Å². The van der Waals surface area contributed by atoms with E-state index in [2.05, 4.69) is 30.1 Å². The Morgan fingerprint density at radius 2 is 2.11 bits per heavy atom. The molecule has 3 rings (SSSR count). The van der Waals surface area contributed by atoms with Gasteiger partial charge >= 0.3 is 5.82 Å². The second kappa shape index (κ2) is 8.36. The Morgan fingerprint density at radius 1 is 1.37 bits per heavy atom. The van der Waals surface area contributed by atoms with Gasteiger partial charge in [-0.2, -0.15) is 4.68 Å². The number of ether oxygens (including phenoxy) is 1. The van der Waals surface area contributed by atoms with E-state index in [1.165, 1.54) is 16.9 Å². The van der Waals surface area contributed by atoms with Gasteiger partial charge in [-0.05, 0) is 35.1 Å². The lowest BCUT2D eigenvalue weighted by Gasteiger charge is -2.14. The molecule has 1 aliphatic heterocycles. The third-order valence-corrected chi connectivity index (χ3v) is 6.03. The molecule has 10 heteroatoms. The number of benzene rings is 1. The molecule has 7 nitrogen and oxygen atoms in total. The number of anilines is 1. The number of nitrogens with one attached hydrogen (secondary N) is 1. The van der Waals surface area contributed by atoms with Crippen molar-refractivity contribution in [2.24, 2.45) is 0 Å². The minimum absolute atomic E-state index is 0. The number of nitrogens with zero attached hydrogens (tertiary/aromatic N) is 3. The highest BCUT2D eigenvalue weighted by atomic mass is 35.5. The summed E-state index contributed by atoms with van der Waals surface area (Å²) in [5.74, 6) is -0.857. The maximum atomic E-state index is 14.5. The number of hydrogen-bond acceptors (Lipinski definition) is 5. The van der Waals surface area contributed by atoms with Crippen molar-refractivity contribution in [2.75, 3.05) is 18.5 Å². The Kier molecular flexibility index (Phi) is 6.61. The van der Waals surface area contributed by atoms with Gasteiger partial charge in [0, 0.05) is 32.5 Å². The van der Waals surface area contributed by atoms with Crippen LogP contribution in [0.1, 0.15) is 5.56 Å². The number of halogens is 2. The summed E-state index contributed by atoms with van der Waals surface area (Å²) in [6, 6.07) is 4.06. The highest BCUT2D eigenvalue weighted by Gasteiger charge is 2.26. The van der Waals surface area contributed by atoms with Crippen LogP contribution in [-0.4, -0.2) is 35.9 Å². The Bertz CT molecular complexity index is 838. The Morgan fingerprint density at radius 3 is 2.78 bits per heavy atom. The lowest BCUT2D eigenvalue weighted by Crippen LogP contribution is -2.22. The third kappa shape index (κ3) is 5.05. The SMILES string of the molecule is C[Si](C)(C)CCOCn1cc(-c2cc3c(cc2F)NCC3)c([N+](=O)[O-])n1.Cl. The molecular weight excluding hydrogens is 391 g/mol. The van der Waals surface area contributed by atoms with E-state index in [-0.39, 0.29) is 36.1 Å². The van der Waals surface area contributed by atoms with Gasteiger partial charge in [-0.3, -0.25) is 0 Å². The van der Waals surface area contributed by atoms with Crippen molar-refractivity contribution in [2.45, 2.75) is 38.8 Å². The third-order valence-electron chi connectivity index (χ3n) is 4.33. The fourth-order valence-electron chi connectivity index (χ4n) is 2.87. The molecule has 0 spiro atoms. The van der Waals surface area contributed by atoms with Gasteiger partial charge < -0.3 is 20.2 Å². The fourth-order valence-corrected chi connectivity index (χ4v) is 3.62. The fraction of sp³-hybridized carbons (Fsp3) is 0.471. The zero-order chi connectivity index (χ0) is 18.9. The monoisotopic (exact) mass is 414 g/mol. The van der Waals surface area contributed by atoms with Crippen LogP contribution in [0.3, 0.4) is 0 Å². The molecule has 2 heterocycles. The summed E-state index contributed by atoms with van der Waals surface area (Å²) in [7, 11) is -1.21. The molecule has 27 heavy (non-hydrogen) atoms. The Hall–Kier alpha value is -1.97. The molecule has 0 aliphatic carbocycles. The van der Waals surface area contributed by atoms with Crippen molar-refractivity contribution >= 4 is 32.0 Å². The van der Waals surface area contributed by atoms with E-state index in [1.807, 2.05) is 0 Å². The van der Waals surface area contributed by atoms with Gasteiger partial charge in [-0.15, -0.1) is 12.4 Å². The predicted molar refractivity (Wildman–Crippen MR) is 108 cm³/mol. The van der Waals surface area contributed by atoms with Crippen LogP contribution in [0.15, 0.2) is 18.3 Å². The summed E-state index contributed by atoms with van der Waals surface area (Å²) < 4.78 is 21.5. The van der Waals surface area contributed by atoms with Gasteiger partial charge in [0.25, 0.3) is 0 Å². The minimum atomic E-state index is -1.21. The maximum absolute atomic E-state index is 14.5.